The Hall–Kier alpha value is -2.78. The van der Waals surface area contributed by atoms with Crippen molar-refractivity contribution < 1.29 is 42.7 Å². The zero-order valence-corrected chi connectivity index (χ0v) is 16.3. The van der Waals surface area contributed by atoms with Gasteiger partial charge in [-0.3, -0.25) is 4.57 Å². The number of nitriles is 1. The second-order valence-electron chi connectivity index (χ2n) is 8.08. The van der Waals surface area contributed by atoms with E-state index < -0.39 is 52.2 Å². The number of hydrogen-bond donors (Lipinski definition) is 3. The topological polar surface area (TPSA) is 117 Å². The fraction of sp³-hybridized carbons (Fsp3) is 0.450. The maximum Gasteiger partial charge on any atom is 0.417 e. The zero-order valence-electron chi connectivity index (χ0n) is 16.3. The molecule has 164 valence electrons. The highest BCUT2D eigenvalue weighted by molar-refractivity contribution is 5.63. The van der Waals surface area contributed by atoms with Crippen LogP contribution in [0, 0.1) is 11.3 Å². The maximum absolute atomic E-state index is 13.4. The molecule has 0 amide bonds. The van der Waals surface area contributed by atoms with Crippen LogP contribution >= 0.6 is 0 Å². The van der Waals surface area contributed by atoms with Crippen molar-refractivity contribution in [1.82, 2.24) is 4.57 Å². The Balaban J connectivity index is 1.76. The van der Waals surface area contributed by atoms with E-state index in [-0.39, 0.29) is 30.0 Å². The first kappa shape index (κ1) is 20.1. The third kappa shape index (κ3) is 2.13. The summed E-state index contributed by atoms with van der Waals surface area (Å²) >= 11 is 0. The molecule has 1 aromatic heterocycles. The molecule has 3 aliphatic heterocycles. The van der Waals surface area contributed by atoms with Crippen LogP contribution in [0.25, 0.3) is 5.69 Å². The lowest BCUT2D eigenvalue weighted by Crippen LogP contribution is -2.57. The summed E-state index contributed by atoms with van der Waals surface area (Å²) in [5.74, 6) is -2.82. The van der Waals surface area contributed by atoms with E-state index >= 15 is 0 Å². The number of alkyl halides is 3. The van der Waals surface area contributed by atoms with Crippen molar-refractivity contribution in [3.63, 3.8) is 0 Å². The van der Waals surface area contributed by atoms with E-state index in [1.165, 1.54) is 26.0 Å². The van der Waals surface area contributed by atoms with Crippen molar-refractivity contribution in [3.05, 3.63) is 40.5 Å². The van der Waals surface area contributed by atoms with Crippen molar-refractivity contribution in [2.75, 3.05) is 13.2 Å². The Morgan fingerprint density at radius 2 is 1.74 bits per heavy atom. The molecule has 3 aliphatic rings. The van der Waals surface area contributed by atoms with E-state index in [1.54, 1.807) is 0 Å². The summed E-state index contributed by atoms with van der Waals surface area (Å²) in [6.07, 6.45) is -6.21. The van der Waals surface area contributed by atoms with E-state index in [0.717, 1.165) is 10.6 Å². The molecule has 0 unspecified atom stereocenters. The fourth-order valence-electron chi connectivity index (χ4n) is 5.17. The van der Waals surface area contributed by atoms with Gasteiger partial charge in [0.15, 0.2) is 5.60 Å². The molecule has 4 heterocycles. The molecule has 0 radical (unpaired) electrons. The van der Waals surface area contributed by atoms with Crippen LogP contribution in [-0.4, -0.2) is 45.0 Å². The van der Waals surface area contributed by atoms with Gasteiger partial charge in [-0.1, -0.05) is 0 Å². The normalized spacial score (nSPS) is 30.7. The average Bonchev–Trinajstić information content (AvgIpc) is 3.39. The molecule has 8 nitrogen and oxygen atoms in total. The molecular weight excluding hydrogens is 421 g/mol. The van der Waals surface area contributed by atoms with Gasteiger partial charge in [-0.25, -0.2) is 0 Å². The molecule has 3 N–H and O–H groups in total. The molecule has 31 heavy (non-hydrogen) atoms. The first-order valence-electron chi connectivity index (χ1n) is 9.38. The molecule has 2 bridgehead atoms. The highest BCUT2D eigenvalue weighted by Gasteiger charge is 2.79. The van der Waals surface area contributed by atoms with Crippen LogP contribution in [0.1, 0.15) is 36.1 Å². The van der Waals surface area contributed by atoms with Crippen LogP contribution in [-0.2, 0) is 31.6 Å². The quantitative estimate of drug-likeness (QED) is 0.626. The largest absolute Gasteiger partial charge is 0.494 e. The van der Waals surface area contributed by atoms with Crippen LogP contribution in [0.2, 0.25) is 0 Å². The first-order chi connectivity index (χ1) is 14.4. The summed E-state index contributed by atoms with van der Waals surface area (Å²) in [5.41, 5.74) is -5.05. The molecule has 2 saturated heterocycles. The second kappa shape index (κ2) is 5.72. The van der Waals surface area contributed by atoms with Gasteiger partial charge < -0.3 is 29.5 Å². The lowest BCUT2D eigenvalue weighted by Gasteiger charge is -2.40. The highest BCUT2D eigenvalue weighted by Crippen LogP contribution is 2.69. The van der Waals surface area contributed by atoms with Gasteiger partial charge in [0.25, 0.3) is 0 Å². The fourth-order valence-corrected chi connectivity index (χ4v) is 5.17. The highest BCUT2D eigenvalue weighted by atomic mass is 19.4. The Morgan fingerprint density at radius 3 is 2.32 bits per heavy atom. The molecule has 0 saturated carbocycles. The van der Waals surface area contributed by atoms with E-state index in [1.807, 2.05) is 0 Å². The van der Waals surface area contributed by atoms with Gasteiger partial charge in [0.05, 0.1) is 47.2 Å². The van der Waals surface area contributed by atoms with Gasteiger partial charge in [-0.05, 0) is 32.0 Å². The average molecular weight is 438 g/mol. The molecular formula is C20H17F3N2O6. The number of aromatic nitrogens is 1. The first-order valence-corrected chi connectivity index (χ1v) is 9.38. The van der Waals surface area contributed by atoms with Crippen molar-refractivity contribution in [2.24, 2.45) is 0 Å². The third-order valence-electron chi connectivity index (χ3n) is 6.46. The Kier molecular flexibility index (Phi) is 3.71. The monoisotopic (exact) mass is 438 g/mol. The van der Waals surface area contributed by atoms with Gasteiger partial charge in [-0.15, -0.1) is 0 Å². The number of fused-ring (bicyclic) bond motifs is 6. The molecule has 1 aromatic carbocycles. The number of hydrogen-bond acceptors (Lipinski definition) is 7. The summed E-state index contributed by atoms with van der Waals surface area (Å²) in [6, 6.07) is 4.27. The Morgan fingerprint density at radius 1 is 1.13 bits per heavy atom. The lowest BCUT2D eigenvalue weighted by atomic mass is 9.73. The van der Waals surface area contributed by atoms with Gasteiger partial charge in [-0.2, -0.15) is 18.4 Å². The number of rotatable bonds is 1. The van der Waals surface area contributed by atoms with Crippen molar-refractivity contribution in [2.45, 2.75) is 43.1 Å². The predicted octanol–water partition coefficient (Wildman–Crippen LogP) is 2.36. The number of ether oxygens (including phenoxy) is 3. The number of aliphatic hydroxyl groups excluding tert-OH is 1. The summed E-state index contributed by atoms with van der Waals surface area (Å²) in [7, 11) is 0. The van der Waals surface area contributed by atoms with Crippen LogP contribution in [0.5, 0.6) is 11.8 Å². The van der Waals surface area contributed by atoms with Crippen molar-refractivity contribution >= 4 is 0 Å². The van der Waals surface area contributed by atoms with Crippen molar-refractivity contribution in [3.8, 4) is 23.5 Å². The summed E-state index contributed by atoms with van der Waals surface area (Å²) < 4.78 is 58.5. The number of halogens is 3. The van der Waals surface area contributed by atoms with Crippen LogP contribution < -0.4 is 0 Å². The standard InChI is InChI=1S/C20H17F3N2O6/c1-17-12-13(18(2,31-17)19(16(17)28)29-5-6-30-19)15(27)25(14(12)26)10-4-3-9(8-24)11(7-10)20(21,22)23/h3-4,7,16,26-28H,5-6H2,1-2H3/t16-,17-,18+/m0/s1. The second-order valence-corrected chi connectivity index (χ2v) is 8.08. The summed E-state index contributed by atoms with van der Waals surface area (Å²) in [5, 5.41) is 42.0. The van der Waals surface area contributed by atoms with Crippen LogP contribution in [0.3, 0.4) is 0 Å². The molecule has 11 heteroatoms. The molecule has 5 rings (SSSR count). The lowest BCUT2D eigenvalue weighted by molar-refractivity contribution is -0.263. The minimum Gasteiger partial charge on any atom is -0.494 e. The smallest absolute Gasteiger partial charge is 0.417 e. The summed E-state index contributed by atoms with van der Waals surface area (Å²) in [6.45, 7) is 3.33. The Labute approximate surface area is 173 Å². The SMILES string of the molecule is C[C@]12O[C@](C)(c3c1c(O)n(-c1ccc(C#N)c(C(F)(F)F)c1)c3O)C1(OCCO1)[C@H]2O. The molecule has 2 aromatic rings. The summed E-state index contributed by atoms with van der Waals surface area (Å²) in [4.78, 5) is 0. The molecule has 3 atom stereocenters. The van der Waals surface area contributed by atoms with Gasteiger partial charge in [0.1, 0.15) is 11.7 Å². The van der Waals surface area contributed by atoms with E-state index in [2.05, 4.69) is 0 Å². The molecule has 2 fully saturated rings. The number of nitrogens with zero attached hydrogens (tertiary/aromatic N) is 2. The minimum atomic E-state index is -4.83. The molecule has 0 aliphatic carbocycles. The molecule has 1 spiro atoms. The van der Waals surface area contributed by atoms with Gasteiger partial charge in [0, 0.05) is 0 Å². The zero-order chi connectivity index (χ0) is 22.6. The number of aliphatic hydroxyl groups is 1. The minimum absolute atomic E-state index is 0.0302. The van der Waals surface area contributed by atoms with Crippen LogP contribution in [0.4, 0.5) is 13.2 Å². The maximum atomic E-state index is 13.4. The number of aromatic hydroxyl groups is 2. The van der Waals surface area contributed by atoms with E-state index in [9.17, 15) is 28.5 Å². The predicted molar refractivity (Wildman–Crippen MR) is 95.2 cm³/mol. The van der Waals surface area contributed by atoms with E-state index in [4.69, 9.17) is 19.5 Å². The van der Waals surface area contributed by atoms with Crippen LogP contribution in [0.15, 0.2) is 18.2 Å². The van der Waals surface area contributed by atoms with Gasteiger partial charge in [0.2, 0.25) is 17.5 Å². The van der Waals surface area contributed by atoms with Gasteiger partial charge >= 0.3 is 6.18 Å². The number of benzene rings is 1. The third-order valence-corrected chi connectivity index (χ3v) is 6.46. The Bertz CT molecular complexity index is 1160. The van der Waals surface area contributed by atoms with Crippen molar-refractivity contribution in [1.29, 1.82) is 5.26 Å². The van der Waals surface area contributed by atoms with E-state index in [0.29, 0.717) is 6.07 Å².